The lowest BCUT2D eigenvalue weighted by Gasteiger charge is -2.30. The first-order valence-electron chi connectivity index (χ1n) is 5.41. The van der Waals surface area contributed by atoms with E-state index in [1.807, 2.05) is 0 Å². The first kappa shape index (κ1) is 8.80. The molecule has 2 atom stereocenters. The highest BCUT2D eigenvalue weighted by atomic mass is 14.3. The summed E-state index contributed by atoms with van der Waals surface area (Å²) in [6, 6.07) is 0. The summed E-state index contributed by atoms with van der Waals surface area (Å²) in [5.41, 5.74) is 3.11. The summed E-state index contributed by atoms with van der Waals surface area (Å²) in [6.45, 7) is 4.63. The first-order chi connectivity index (χ1) is 6.33. The number of hydrogen-bond donors (Lipinski definition) is 0. The first-order valence-corrected chi connectivity index (χ1v) is 5.41. The van der Waals surface area contributed by atoms with Crippen molar-refractivity contribution in [3.63, 3.8) is 0 Å². The largest absolute Gasteiger partial charge is 0.0805 e. The smallest absolute Gasteiger partial charge is 0.0102 e. The zero-order valence-corrected chi connectivity index (χ0v) is 8.59. The molecule has 13 heavy (non-hydrogen) atoms. The van der Waals surface area contributed by atoms with E-state index >= 15 is 0 Å². The number of rotatable bonds is 1. The second kappa shape index (κ2) is 3.53. The lowest BCUT2D eigenvalue weighted by Crippen LogP contribution is -2.17. The van der Waals surface area contributed by atoms with Gasteiger partial charge >= 0.3 is 0 Å². The van der Waals surface area contributed by atoms with Crippen LogP contribution in [0.2, 0.25) is 0 Å². The van der Waals surface area contributed by atoms with Crippen LogP contribution in [0.4, 0.5) is 0 Å². The Labute approximate surface area is 81.0 Å². The van der Waals surface area contributed by atoms with Gasteiger partial charge in [-0.2, -0.15) is 0 Å². The van der Waals surface area contributed by atoms with E-state index in [1.165, 1.54) is 24.8 Å². The summed E-state index contributed by atoms with van der Waals surface area (Å²) in [5, 5.41) is 0. The highest BCUT2D eigenvalue weighted by Gasteiger charge is 2.24. The predicted octanol–water partition coefficient (Wildman–Crippen LogP) is 3.87. The van der Waals surface area contributed by atoms with Gasteiger partial charge in [-0.1, -0.05) is 38.2 Å². The van der Waals surface area contributed by atoms with Crippen LogP contribution in [0.15, 0.2) is 35.5 Å². The summed E-state index contributed by atoms with van der Waals surface area (Å²) < 4.78 is 0. The number of hydrogen-bond acceptors (Lipinski definition) is 0. The molecule has 0 heteroatoms. The third kappa shape index (κ3) is 1.50. The third-order valence-electron chi connectivity index (χ3n) is 3.28. The average molecular weight is 174 g/mol. The maximum Gasteiger partial charge on any atom is -0.0102 e. The highest BCUT2D eigenvalue weighted by Crippen LogP contribution is 2.37. The summed E-state index contributed by atoms with van der Waals surface area (Å²) in [6.07, 6.45) is 13.3. The molecule has 0 radical (unpaired) electrons. The van der Waals surface area contributed by atoms with Crippen LogP contribution < -0.4 is 0 Å². The van der Waals surface area contributed by atoms with E-state index < -0.39 is 0 Å². The van der Waals surface area contributed by atoms with Crippen molar-refractivity contribution in [1.29, 1.82) is 0 Å². The second-order valence-electron chi connectivity index (χ2n) is 4.13. The van der Waals surface area contributed by atoms with Crippen molar-refractivity contribution >= 4 is 0 Å². The monoisotopic (exact) mass is 174 g/mol. The zero-order valence-electron chi connectivity index (χ0n) is 8.59. The van der Waals surface area contributed by atoms with Crippen LogP contribution in [-0.2, 0) is 0 Å². The number of allylic oxidation sites excluding steroid dienone is 6. The van der Waals surface area contributed by atoms with E-state index in [0.717, 1.165) is 11.8 Å². The molecule has 2 aliphatic carbocycles. The molecule has 0 nitrogen and oxygen atoms in total. The minimum atomic E-state index is 0.728. The normalized spacial score (nSPS) is 32.2. The van der Waals surface area contributed by atoms with Crippen LogP contribution in [0.3, 0.4) is 0 Å². The van der Waals surface area contributed by atoms with E-state index in [-0.39, 0.29) is 0 Å². The maximum atomic E-state index is 2.45. The average Bonchev–Trinajstić information content (AvgIpc) is 2.18. The van der Waals surface area contributed by atoms with Gasteiger partial charge < -0.3 is 0 Å². The van der Waals surface area contributed by atoms with Crippen molar-refractivity contribution in [1.82, 2.24) is 0 Å². The molecule has 0 aromatic carbocycles. The van der Waals surface area contributed by atoms with Crippen molar-refractivity contribution in [2.75, 3.05) is 0 Å². The molecule has 0 N–H and O–H groups in total. The molecule has 2 rings (SSSR count). The Morgan fingerprint density at radius 3 is 2.85 bits per heavy atom. The minimum absolute atomic E-state index is 0.728. The molecule has 0 unspecified atom stereocenters. The van der Waals surface area contributed by atoms with Crippen LogP contribution in [-0.4, -0.2) is 0 Å². The minimum Gasteiger partial charge on any atom is -0.0805 e. The molecular weight excluding hydrogens is 156 g/mol. The Morgan fingerprint density at radius 1 is 1.31 bits per heavy atom. The third-order valence-corrected chi connectivity index (χ3v) is 3.28. The van der Waals surface area contributed by atoms with E-state index in [2.05, 4.69) is 38.2 Å². The molecule has 0 aromatic heterocycles. The SMILES string of the molecule is CC[C@@H]1C2=CCCC=C2C=C[C@@H]1C. The van der Waals surface area contributed by atoms with Crippen LogP contribution in [0.25, 0.3) is 0 Å². The van der Waals surface area contributed by atoms with Gasteiger partial charge in [-0.15, -0.1) is 0 Å². The molecule has 0 aliphatic heterocycles. The molecule has 2 aliphatic rings. The standard InChI is InChI=1S/C13H18/c1-3-12-10(2)8-9-11-6-4-5-7-13(11)12/h6-10,12H,3-5H2,1-2H3/t10-,12-/m0/s1. The van der Waals surface area contributed by atoms with E-state index in [4.69, 9.17) is 0 Å². The van der Waals surface area contributed by atoms with E-state index in [9.17, 15) is 0 Å². The van der Waals surface area contributed by atoms with Gasteiger partial charge in [0.15, 0.2) is 0 Å². The molecule has 0 heterocycles. The van der Waals surface area contributed by atoms with Gasteiger partial charge in [0.05, 0.1) is 0 Å². The maximum absolute atomic E-state index is 2.45. The van der Waals surface area contributed by atoms with Crippen LogP contribution in [0.5, 0.6) is 0 Å². The Morgan fingerprint density at radius 2 is 2.08 bits per heavy atom. The summed E-state index contributed by atoms with van der Waals surface area (Å²) in [4.78, 5) is 0. The molecule has 70 valence electrons. The Kier molecular flexibility index (Phi) is 2.39. The predicted molar refractivity (Wildman–Crippen MR) is 57.5 cm³/mol. The van der Waals surface area contributed by atoms with Gasteiger partial charge in [-0.25, -0.2) is 0 Å². The van der Waals surface area contributed by atoms with Crippen molar-refractivity contribution < 1.29 is 0 Å². The van der Waals surface area contributed by atoms with Crippen molar-refractivity contribution in [2.24, 2.45) is 11.8 Å². The quantitative estimate of drug-likeness (QED) is 0.566. The van der Waals surface area contributed by atoms with Gasteiger partial charge in [0.25, 0.3) is 0 Å². The van der Waals surface area contributed by atoms with Gasteiger partial charge in [0.1, 0.15) is 0 Å². The number of fused-ring (bicyclic) bond motifs is 1. The Bertz CT molecular complexity index is 278. The van der Waals surface area contributed by atoms with Crippen molar-refractivity contribution in [3.05, 3.63) is 35.5 Å². The van der Waals surface area contributed by atoms with E-state index in [0.29, 0.717) is 0 Å². The highest BCUT2D eigenvalue weighted by molar-refractivity contribution is 5.46. The lowest BCUT2D eigenvalue weighted by atomic mass is 9.75. The Hall–Kier alpha value is -0.780. The van der Waals surface area contributed by atoms with Gasteiger partial charge in [-0.05, 0) is 42.2 Å². The van der Waals surface area contributed by atoms with Gasteiger partial charge in [-0.3, -0.25) is 0 Å². The van der Waals surface area contributed by atoms with Gasteiger partial charge in [0.2, 0.25) is 0 Å². The Balaban J connectivity index is 2.35. The summed E-state index contributed by atoms with van der Waals surface area (Å²) in [5.74, 6) is 1.50. The molecule has 0 saturated carbocycles. The zero-order chi connectivity index (χ0) is 9.26. The summed E-state index contributed by atoms with van der Waals surface area (Å²) in [7, 11) is 0. The van der Waals surface area contributed by atoms with Gasteiger partial charge in [0, 0.05) is 0 Å². The molecule has 0 fully saturated rings. The fourth-order valence-electron chi connectivity index (χ4n) is 2.51. The molecule has 0 spiro atoms. The fraction of sp³-hybridized carbons (Fsp3) is 0.538. The molecule has 0 amide bonds. The molecular formula is C13H18. The van der Waals surface area contributed by atoms with Crippen LogP contribution >= 0.6 is 0 Å². The lowest BCUT2D eigenvalue weighted by molar-refractivity contribution is 0.465. The van der Waals surface area contributed by atoms with Crippen molar-refractivity contribution in [2.45, 2.75) is 33.1 Å². The molecule has 0 bridgehead atoms. The van der Waals surface area contributed by atoms with E-state index in [1.54, 1.807) is 5.57 Å². The molecule has 0 saturated heterocycles. The topological polar surface area (TPSA) is 0 Å². The van der Waals surface area contributed by atoms with Crippen LogP contribution in [0, 0.1) is 11.8 Å². The second-order valence-corrected chi connectivity index (χ2v) is 4.13. The summed E-state index contributed by atoms with van der Waals surface area (Å²) >= 11 is 0. The molecule has 0 aromatic rings. The fourth-order valence-corrected chi connectivity index (χ4v) is 2.51. The van der Waals surface area contributed by atoms with Crippen molar-refractivity contribution in [3.8, 4) is 0 Å². The van der Waals surface area contributed by atoms with Crippen LogP contribution in [0.1, 0.15) is 33.1 Å².